The molecular formula is C9H13N5O5. The molecule has 1 atom stereocenters. The fourth-order valence-electron chi connectivity index (χ4n) is 1.21. The van der Waals surface area contributed by atoms with Crippen molar-refractivity contribution in [3.05, 3.63) is 12.2 Å². The maximum absolute atomic E-state index is 11.4. The van der Waals surface area contributed by atoms with Gasteiger partial charge in [-0.25, -0.2) is 14.6 Å². The van der Waals surface area contributed by atoms with Crippen LogP contribution in [-0.2, 0) is 23.2 Å². The maximum atomic E-state index is 11.4. The topological polar surface area (TPSA) is 146 Å². The van der Waals surface area contributed by atoms with Crippen LogP contribution in [0.25, 0.3) is 0 Å². The zero-order valence-electron chi connectivity index (χ0n) is 10.0. The largest absolute Gasteiger partial charge is 0.481 e. The number of aliphatic carboxylic acids is 2. The molecule has 104 valence electrons. The highest BCUT2D eigenvalue weighted by atomic mass is 16.4. The van der Waals surface area contributed by atoms with Gasteiger partial charge in [-0.1, -0.05) is 0 Å². The highest BCUT2D eigenvalue weighted by molar-refractivity contribution is 5.86. The van der Waals surface area contributed by atoms with E-state index in [9.17, 15) is 14.4 Å². The first kappa shape index (κ1) is 14.4. The van der Waals surface area contributed by atoms with E-state index in [-0.39, 0.29) is 6.54 Å². The van der Waals surface area contributed by atoms with Gasteiger partial charge < -0.3 is 20.8 Å². The highest BCUT2D eigenvalue weighted by Crippen LogP contribution is 1.93. The van der Waals surface area contributed by atoms with Crippen molar-refractivity contribution in [2.75, 3.05) is 0 Å². The van der Waals surface area contributed by atoms with Gasteiger partial charge in [-0.15, -0.1) is 0 Å². The fourth-order valence-corrected chi connectivity index (χ4v) is 1.21. The molecule has 1 aromatic rings. The first-order valence-corrected chi connectivity index (χ1v) is 5.22. The lowest BCUT2D eigenvalue weighted by Gasteiger charge is -2.12. The van der Waals surface area contributed by atoms with Crippen LogP contribution in [0.1, 0.15) is 12.2 Å². The van der Waals surface area contributed by atoms with Crippen LogP contribution in [0.2, 0.25) is 0 Å². The van der Waals surface area contributed by atoms with E-state index in [0.717, 1.165) is 0 Å². The van der Waals surface area contributed by atoms with Crippen LogP contribution in [0.4, 0.5) is 4.79 Å². The van der Waals surface area contributed by atoms with Gasteiger partial charge in [-0.3, -0.25) is 9.48 Å². The van der Waals surface area contributed by atoms with Crippen molar-refractivity contribution in [1.29, 1.82) is 0 Å². The van der Waals surface area contributed by atoms with Crippen LogP contribution >= 0.6 is 0 Å². The zero-order valence-corrected chi connectivity index (χ0v) is 10.0. The second-order valence-corrected chi connectivity index (χ2v) is 3.65. The van der Waals surface area contributed by atoms with Gasteiger partial charge in [0, 0.05) is 7.05 Å². The molecule has 1 aromatic heterocycles. The molecule has 0 unspecified atom stereocenters. The van der Waals surface area contributed by atoms with Crippen molar-refractivity contribution in [2.24, 2.45) is 7.05 Å². The second kappa shape index (κ2) is 6.33. The van der Waals surface area contributed by atoms with E-state index in [1.807, 2.05) is 5.32 Å². The Hall–Kier alpha value is -2.65. The Balaban J connectivity index is 2.44. The van der Waals surface area contributed by atoms with Crippen molar-refractivity contribution in [2.45, 2.75) is 19.0 Å². The van der Waals surface area contributed by atoms with Gasteiger partial charge in [0.15, 0.2) is 5.82 Å². The summed E-state index contributed by atoms with van der Waals surface area (Å²) in [6, 6.07) is -2.30. The Labute approximate surface area is 107 Å². The molecule has 0 saturated carbocycles. The summed E-state index contributed by atoms with van der Waals surface area (Å²) < 4.78 is 1.44. The smallest absolute Gasteiger partial charge is 0.326 e. The molecule has 1 heterocycles. The van der Waals surface area contributed by atoms with Crippen molar-refractivity contribution in [3.63, 3.8) is 0 Å². The Bertz CT molecular complexity index is 485. The predicted octanol–water partition coefficient (Wildman–Crippen LogP) is -1.46. The molecule has 4 N–H and O–H groups in total. The van der Waals surface area contributed by atoms with Crippen molar-refractivity contribution >= 4 is 18.0 Å². The number of urea groups is 1. The normalized spacial score (nSPS) is 11.6. The molecule has 2 amide bonds. The molecule has 0 bridgehead atoms. The molecule has 0 aliphatic heterocycles. The van der Waals surface area contributed by atoms with E-state index >= 15 is 0 Å². The number of hydrogen-bond donors (Lipinski definition) is 4. The second-order valence-electron chi connectivity index (χ2n) is 3.65. The predicted molar refractivity (Wildman–Crippen MR) is 60.1 cm³/mol. The molecule has 0 aliphatic carbocycles. The van der Waals surface area contributed by atoms with Crippen LogP contribution in [0.15, 0.2) is 6.33 Å². The van der Waals surface area contributed by atoms with E-state index in [0.29, 0.717) is 5.82 Å². The molecule has 1 rings (SSSR count). The molecular weight excluding hydrogens is 258 g/mol. The zero-order chi connectivity index (χ0) is 14.4. The first-order chi connectivity index (χ1) is 8.88. The summed E-state index contributed by atoms with van der Waals surface area (Å²) in [6.45, 7) is 0.00604. The Morgan fingerprint density at radius 2 is 2.11 bits per heavy atom. The Kier molecular flexibility index (Phi) is 4.80. The Morgan fingerprint density at radius 3 is 2.58 bits per heavy atom. The molecule has 0 aliphatic rings. The number of amides is 2. The summed E-state index contributed by atoms with van der Waals surface area (Å²) in [7, 11) is 1.66. The van der Waals surface area contributed by atoms with E-state index in [1.165, 1.54) is 11.0 Å². The molecule has 10 heteroatoms. The van der Waals surface area contributed by atoms with Gasteiger partial charge >= 0.3 is 18.0 Å². The molecule has 0 aromatic carbocycles. The van der Waals surface area contributed by atoms with Crippen LogP contribution in [0.5, 0.6) is 0 Å². The van der Waals surface area contributed by atoms with Crippen LogP contribution in [0.3, 0.4) is 0 Å². The number of nitrogens with one attached hydrogen (secondary N) is 2. The monoisotopic (exact) mass is 271 g/mol. The molecule has 0 radical (unpaired) electrons. The highest BCUT2D eigenvalue weighted by Gasteiger charge is 2.22. The number of nitrogens with zero attached hydrogens (tertiary/aromatic N) is 3. The standard InChI is InChI=1S/C9H13N5O5/c1-14-4-11-6(13-14)3-10-9(19)12-5(8(17)18)2-7(15)16/h4-5H,2-3H2,1H3,(H,15,16)(H,17,18)(H2,10,12,19)/t5-/m1/s1. The van der Waals surface area contributed by atoms with Crippen LogP contribution in [-0.4, -0.2) is 49.0 Å². The minimum absolute atomic E-state index is 0.00604. The number of rotatable bonds is 6. The van der Waals surface area contributed by atoms with E-state index in [1.54, 1.807) is 7.05 Å². The molecule has 10 nitrogen and oxygen atoms in total. The quantitative estimate of drug-likeness (QED) is 0.494. The average Bonchev–Trinajstić information content (AvgIpc) is 2.71. The average molecular weight is 271 g/mol. The summed E-state index contributed by atoms with van der Waals surface area (Å²) in [5, 5.41) is 25.5. The van der Waals surface area contributed by atoms with Crippen LogP contribution in [0, 0.1) is 0 Å². The minimum atomic E-state index is -1.49. The number of carboxylic acid groups (broad SMARTS) is 2. The Morgan fingerprint density at radius 1 is 1.42 bits per heavy atom. The number of hydrogen-bond acceptors (Lipinski definition) is 5. The summed E-state index contributed by atoms with van der Waals surface area (Å²) >= 11 is 0. The molecule has 19 heavy (non-hydrogen) atoms. The lowest BCUT2D eigenvalue weighted by atomic mass is 10.2. The fraction of sp³-hybridized carbons (Fsp3) is 0.444. The molecule has 0 saturated heterocycles. The summed E-state index contributed by atoms with van der Waals surface area (Å²) in [6.07, 6.45) is 0.740. The number of aromatic nitrogens is 3. The van der Waals surface area contributed by atoms with Crippen molar-refractivity contribution in [1.82, 2.24) is 25.4 Å². The van der Waals surface area contributed by atoms with E-state index < -0.39 is 30.4 Å². The number of aryl methyl sites for hydroxylation is 1. The summed E-state index contributed by atoms with van der Waals surface area (Å²) in [4.78, 5) is 36.4. The van der Waals surface area contributed by atoms with E-state index in [2.05, 4.69) is 15.4 Å². The lowest BCUT2D eigenvalue weighted by Crippen LogP contribution is -2.46. The van der Waals surface area contributed by atoms with E-state index in [4.69, 9.17) is 10.2 Å². The summed E-state index contributed by atoms with van der Waals surface area (Å²) in [5.74, 6) is -2.39. The van der Waals surface area contributed by atoms with Crippen molar-refractivity contribution < 1.29 is 24.6 Å². The lowest BCUT2D eigenvalue weighted by molar-refractivity contribution is -0.145. The third-order valence-electron chi connectivity index (χ3n) is 2.04. The van der Waals surface area contributed by atoms with Gasteiger partial charge in [0.05, 0.1) is 13.0 Å². The van der Waals surface area contributed by atoms with Gasteiger partial charge in [0.1, 0.15) is 12.4 Å². The molecule has 0 spiro atoms. The maximum Gasteiger partial charge on any atom is 0.326 e. The summed E-state index contributed by atoms with van der Waals surface area (Å²) in [5.41, 5.74) is 0. The number of carbonyl (C=O) groups is 3. The SMILES string of the molecule is Cn1cnc(CNC(=O)N[C@H](CC(=O)O)C(=O)O)n1. The van der Waals surface area contributed by atoms with Crippen LogP contribution < -0.4 is 10.6 Å². The number of carboxylic acids is 2. The van der Waals surface area contributed by atoms with Crippen molar-refractivity contribution in [3.8, 4) is 0 Å². The number of carbonyl (C=O) groups excluding carboxylic acids is 1. The van der Waals surface area contributed by atoms with Gasteiger partial charge in [-0.05, 0) is 0 Å². The third-order valence-corrected chi connectivity index (χ3v) is 2.04. The molecule has 0 fully saturated rings. The van der Waals surface area contributed by atoms with Gasteiger partial charge in [-0.2, -0.15) is 5.10 Å². The minimum Gasteiger partial charge on any atom is -0.481 e. The third kappa shape index (κ3) is 5.02. The van der Waals surface area contributed by atoms with Gasteiger partial charge in [0.25, 0.3) is 0 Å². The first-order valence-electron chi connectivity index (χ1n) is 5.22. The van der Waals surface area contributed by atoms with Gasteiger partial charge in [0.2, 0.25) is 0 Å².